The zero-order valence-corrected chi connectivity index (χ0v) is 21.0. The van der Waals surface area contributed by atoms with E-state index in [9.17, 15) is 14.4 Å². The molecular formula is C27H36N2O4S. The number of rotatable bonds is 9. The highest BCUT2D eigenvalue weighted by atomic mass is 32.1. The zero-order valence-electron chi connectivity index (χ0n) is 20.1. The van der Waals surface area contributed by atoms with Crippen molar-refractivity contribution < 1.29 is 19.1 Å². The lowest BCUT2D eigenvalue weighted by Crippen LogP contribution is -2.54. The van der Waals surface area contributed by atoms with Gasteiger partial charge >= 0.3 is 5.97 Å². The first-order valence-electron chi connectivity index (χ1n) is 12.7. The van der Waals surface area contributed by atoms with E-state index in [1.807, 2.05) is 29.3 Å². The SMILES string of the molecule is CCOC(=O)[C@]12CCCC=C1N(CCC1=CCCCC1)C(=O)[C@H](CC(=O)NCc1cccs1)C2. The fourth-order valence-corrected chi connectivity index (χ4v) is 6.26. The van der Waals surface area contributed by atoms with Crippen LogP contribution in [0.25, 0.3) is 0 Å². The number of ether oxygens (including phenoxy) is 1. The van der Waals surface area contributed by atoms with Crippen molar-refractivity contribution in [3.63, 3.8) is 0 Å². The predicted octanol–water partition coefficient (Wildman–Crippen LogP) is 5.11. The van der Waals surface area contributed by atoms with Crippen LogP contribution in [0.2, 0.25) is 0 Å². The van der Waals surface area contributed by atoms with Crippen molar-refractivity contribution in [2.75, 3.05) is 13.2 Å². The molecule has 2 heterocycles. The van der Waals surface area contributed by atoms with E-state index < -0.39 is 11.3 Å². The fourth-order valence-electron chi connectivity index (χ4n) is 5.62. The van der Waals surface area contributed by atoms with E-state index in [2.05, 4.69) is 17.5 Å². The van der Waals surface area contributed by atoms with Gasteiger partial charge < -0.3 is 15.0 Å². The summed E-state index contributed by atoms with van der Waals surface area (Å²) in [6, 6.07) is 3.93. The normalized spacial score (nSPS) is 24.7. The zero-order chi connectivity index (χ0) is 24.0. The number of nitrogens with zero attached hydrogens (tertiary/aromatic N) is 1. The smallest absolute Gasteiger partial charge is 0.318 e. The number of likely N-dealkylation sites (tertiary alicyclic amines) is 1. The molecule has 1 aromatic rings. The lowest BCUT2D eigenvalue weighted by Gasteiger charge is -2.48. The molecule has 3 aliphatic rings. The molecule has 0 saturated carbocycles. The molecule has 6 nitrogen and oxygen atoms in total. The first-order chi connectivity index (χ1) is 16.5. The summed E-state index contributed by atoms with van der Waals surface area (Å²) in [6.45, 7) is 3.15. The number of fused-ring (bicyclic) bond motifs is 1. The van der Waals surface area contributed by atoms with E-state index in [-0.39, 0.29) is 24.2 Å². The van der Waals surface area contributed by atoms with Crippen LogP contribution in [0.4, 0.5) is 0 Å². The van der Waals surface area contributed by atoms with Gasteiger partial charge in [-0.05, 0) is 76.2 Å². The average Bonchev–Trinajstić information content (AvgIpc) is 3.37. The van der Waals surface area contributed by atoms with Crippen molar-refractivity contribution in [2.45, 2.75) is 77.7 Å². The molecule has 0 aromatic carbocycles. The van der Waals surface area contributed by atoms with E-state index in [1.165, 1.54) is 18.4 Å². The lowest BCUT2D eigenvalue weighted by atomic mass is 9.66. The first kappa shape index (κ1) is 24.7. The summed E-state index contributed by atoms with van der Waals surface area (Å²) in [6.07, 6.45) is 12.7. The van der Waals surface area contributed by atoms with Gasteiger partial charge in [0.25, 0.3) is 0 Å². The molecule has 0 bridgehead atoms. The Labute approximate surface area is 206 Å². The number of nitrogens with one attached hydrogen (secondary N) is 1. The third kappa shape index (κ3) is 5.45. The predicted molar refractivity (Wildman–Crippen MR) is 133 cm³/mol. The Morgan fingerprint density at radius 3 is 2.82 bits per heavy atom. The Hall–Kier alpha value is -2.41. The number of allylic oxidation sites excluding steroid dienone is 2. The quantitative estimate of drug-likeness (QED) is 0.390. The van der Waals surface area contributed by atoms with Crippen molar-refractivity contribution in [1.29, 1.82) is 0 Å². The van der Waals surface area contributed by atoms with Crippen molar-refractivity contribution in [1.82, 2.24) is 10.2 Å². The van der Waals surface area contributed by atoms with Gasteiger partial charge in [-0.25, -0.2) is 0 Å². The number of carbonyl (C=O) groups excluding carboxylic acids is 3. The van der Waals surface area contributed by atoms with Crippen LogP contribution in [-0.2, 0) is 25.7 Å². The van der Waals surface area contributed by atoms with Crippen LogP contribution in [0.3, 0.4) is 0 Å². The molecule has 184 valence electrons. The Kier molecular flexibility index (Phi) is 8.24. The molecule has 2 atom stereocenters. The number of amides is 2. The van der Waals surface area contributed by atoms with Gasteiger partial charge in [-0.2, -0.15) is 0 Å². The molecule has 0 unspecified atom stereocenters. The molecule has 2 aliphatic carbocycles. The third-order valence-electron chi connectivity index (χ3n) is 7.32. The number of esters is 1. The van der Waals surface area contributed by atoms with Crippen molar-refractivity contribution in [3.05, 3.63) is 45.8 Å². The van der Waals surface area contributed by atoms with E-state index in [4.69, 9.17) is 4.74 Å². The molecular weight excluding hydrogens is 448 g/mol. The number of hydrogen-bond donors (Lipinski definition) is 1. The second kappa shape index (κ2) is 11.3. The van der Waals surface area contributed by atoms with Gasteiger partial charge in [0.05, 0.1) is 13.2 Å². The molecule has 1 N–H and O–H groups in total. The van der Waals surface area contributed by atoms with Crippen LogP contribution < -0.4 is 5.32 Å². The molecule has 1 saturated heterocycles. The number of carbonyl (C=O) groups is 3. The van der Waals surface area contributed by atoms with Crippen molar-refractivity contribution >= 4 is 29.1 Å². The Bertz CT molecular complexity index is 952. The minimum absolute atomic E-state index is 0.0317. The van der Waals surface area contributed by atoms with E-state index in [0.29, 0.717) is 32.5 Å². The topological polar surface area (TPSA) is 75.7 Å². The van der Waals surface area contributed by atoms with Gasteiger partial charge in [0.1, 0.15) is 5.41 Å². The van der Waals surface area contributed by atoms with Crippen LogP contribution >= 0.6 is 11.3 Å². The second-order valence-electron chi connectivity index (χ2n) is 9.59. The summed E-state index contributed by atoms with van der Waals surface area (Å²) in [5, 5.41) is 4.93. The highest BCUT2D eigenvalue weighted by molar-refractivity contribution is 7.09. The maximum Gasteiger partial charge on any atom is 0.318 e. The van der Waals surface area contributed by atoms with Crippen molar-refractivity contribution in [3.8, 4) is 0 Å². The summed E-state index contributed by atoms with van der Waals surface area (Å²) >= 11 is 1.59. The summed E-state index contributed by atoms with van der Waals surface area (Å²) in [7, 11) is 0. The first-order valence-corrected chi connectivity index (χ1v) is 13.6. The Balaban J connectivity index is 1.54. The molecule has 34 heavy (non-hydrogen) atoms. The number of thiophene rings is 1. The molecule has 0 radical (unpaired) electrons. The minimum atomic E-state index is -0.832. The van der Waals surface area contributed by atoms with Gasteiger partial charge in [0, 0.05) is 29.5 Å². The van der Waals surface area contributed by atoms with Crippen LogP contribution in [0, 0.1) is 11.3 Å². The van der Waals surface area contributed by atoms with Crippen LogP contribution in [0.15, 0.2) is 40.9 Å². The number of hydrogen-bond acceptors (Lipinski definition) is 5. The van der Waals surface area contributed by atoms with E-state index in [0.717, 1.165) is 42.7 Å². The molecule has 1 aliphatic heterocycles. The largest absolute Gasteiger partial charge is 0.465 e. The Morgan fingerprint density at radius 2 is 2.09 bits per heavy atom. The lowest BCUT2D eigenvalue weighted by molar-refractivity contribution is -0.162. The standard InChI is InChI=1S/C27H36N2O4S/c1-2-33-26(32)27-14-7-6-12-23(27)29(15-13-20-9-4-3-5-10-20)25(31)21(18-27)17-24(30)28-19-22-11-8-16-34-22/h8-9,11-12,16,21H,2-7,10,13-15,17-19H2,1H3,(H,28,30)/t21-,27+/m1/s1. The molecule has 7 heteroatoms. The van der Waals surface area contributed by atoms with Gasteiger partial charge in [-0.1, -0.05) is 23.8 Å². The maximum atomic E-state index is 13.7. The summed E-state index contributed by atoms with van der Waals surface area (Å²) < 4.78 is 5.54. The van der Waals surface area contributed by atoms with Gasteiger partial charge in [0.2, 0.25) is 11.8 Å². The summed E-state index contributed by atoms with van der Waals surface area (Å²) in [5.74, 6) is -0.956. The molecule has 1 aromatic heterocycles. The Morgan fingerprint density at radius 1 is 1.24 bits per heavy atom. The number of piperidine rings is 1. The minimum Gasteiger partial charge on any atom is -0.465 e. The monoisotopic (exact) mass is 484 g/mol. The van der Waals surface area contributed by atoms with Crippen molar-refractivity contribution in [2.24, 2.45) is 11.3 Å². The van der Waals surface area contributed by atoms with Crippen LogP contribution in [0.1, 0.15) is 76.0 Å². The maximum absolute atomic E-state index is 13.7. The van der Waals surface area contributed by atoms with Crippen LogP contribution in [-0.4, -0.2) is 35.8 Å². The summed E-state index contributed by atoms with van der Waals surface area (Å²) in [4.78, 5) is 42.7. The molecule has 4 rings (SSSR count). The second-order valence-corrected chi connectivity index (χ2v) is 10.6. The van der Waals surface area contributed by atoms with E-state index >= 15 is 0 Å². The highest BCUT2D eigenvalue weighted by Crippen LogP contribution is 2.50. The average molecular weight is 485 g/mol. The van der Waals surface area contributed by atoms with Gasteiger partial charge in [-0.15, -0.1) is 11.3 Å². The van der Waals surface area contributed by atoms with Gasteiger partial charge in [0.15, 0.2) is 0 Å². The van der Waals surface area contributed by atoms with Crippen LogP contribution in [0.5, 0.6) is 0 Å². The molecule has 1 fully saturated rings. The molecule has 2 amide bonds. The van der Waals surface area contributed by atoms with Gasteiger partial charge in [-0.3, -0.25) is 14.4 Å². The summed E-state index contributed by atoms with van der Waals surface area (Å²) in [5.41, 5.74) is 1.38. The third-order valence-corrected chi connectivity index (χ3v) is 8.19. The fraction of sp³-hybridized carbons (Fsp3) is 0.593. The molecule has 0 spiro atoms. The highest BCUT2D eigenvalue weighted by Gasteiger charge is 2.54. The van der Waals surface area contributed by atoms with E-state index in [1.54, 1.807) is 11.3 Å².